The molecule has 0 radical (unpaired) electrons. The van der Waals surface area contributed by atoms with E-state index in [9.17, 15) is 0 Å². The fourth-order valence-corrected chi connectivity index (χ4v) is 0.933. The van der Waals surface area contributed by atoms with E-state index in [1.807, 2.05) is 13.8 Å². The van der Waals surface area contributed by atoms with E-state index < -0.39 is 5.12 Å². The maximum Gasteiger partial charge on any atom is 0.217 e. The fraction of sp³-hybridized carbons (Fsp3) is 1.00. The van der Waals surface area contributed by atoms with Crippen molar-refractivity contribution in [1.29, 1.82) is 0 Å². The Hall–Kier alpha value is 0.270. The smallest absolute Gasteiger partial charge is 0.217 e. The van der Waals surface area contributed by atoms with E-state index >= 15 is 0 Å². The zero-order chi connectivity index (χ0) is 6.91. The Morgan fingerprint density at radius 3 is 2.00 bits per heavy atom. The molecule has 2 nitrogen and oxygen atoms in total. The van der Waals surface area contributed by atoms with Crippen molar-refractivity contribution in [2.75, 3.05) is 13.2 Å². The summed E-state index contributed by atoms with van der Waals surface area (Å²) in [4.78, 5) is 0. The largest absolute Gasteiger partial charge is 0.339 e. The minimum atomic E-state index is -0.611. The van der Waals surface area contributed by atoms with Gasteiger partial charge in [0.2, 0.25) is 5.12 Å². The average molecular weight is 148 g/mol. The van der Waals surface area contributed by atoms with Crippen molar-refractivity contribution in [3.05, 3.63) is 0 Å². The van der Waals surface area contributed by atoms with Gasteiger partial charge in [-0.05, 0) is 0 Å². The molecule has 0 aromatic rings. The summed E-state index contributed by atoms with van der Waals surface area (Å²) in [5.74, 6) is 0.309. The summed E-state index contributed by atoms with van der Waals surface area (Å²) in [6.07, 6.45) is 0. The average Bonchev–Trinajstić information content (AvgIpc) is 2.16. The van der Waals surface area contributed by atoms with E-state index in [1.165, 1.54) is 0 Å². The highest BCUT2D eigenvalue weighted by Gasteiger charge is 2.35. The quantitative estimate of drug-likeness (QED) is 0.564. The molecule has 0 bridgehead atoms. The van der Waals surface area contributed by atoms with Gasteiger partial charge in [0.05, 0.1) is 13.2 Å². The molecule has 3 heteroatoms. The molecule has 0 aromatic carbocycles. The van der Waals surface area contributed by atoms with Gasteiger partial charge in [-0.3, -0.25) is 0 Å². The van der Waals surface area contributed by atoms with Crippen LogP contribution in [0, 0.1) is 5.92 Å². The predicted octanol–water partition coefficient (Wildman–Crippen LogP) is 1.27. The molecule has 0 amide bonds. The van der Waals surface area contributed by atoms with Crippen molar-refractivity contribution < 1.29 is 9.47 Å². The van der Waals surface area contributed by atoms with Crippen LogP contribution in [0.5, 0.6) is 0 Å². The Morgan fingerprint density at radius 1 is 1.33 bits per heavy atom. The summed E-state index contributed by atoms with van der Waals surface area (Å²) in [5.41, 5.74) is 0. The Balaban J connectivity index is 2.51. The molecule has 1 saturated heterocycles. The molecule has 9 heavy (non-hydrogen) atoms. The number of hydrogen-bond acceptors (Lipinski definition) is 3. The third kappa shape index (κ3) is 1.39. The third-order valence-electron chi connectivity index (χ3n) is 1.43. The van der Waals surface area contributed by atoms with Gasteiger partial charge in [-0.1, -0.05) is 13.8 Å². The van der Waals surface area contributed by atoms with E-state index in [-0.39, 0.29) is 0 Å². The lowest BCUT2D eigenvalue weighted by molar-refractivity contribution is -0.106. The first kappa shape index (κ1) is 7.38. The molecule has 1 rings (SSSR count). The van der Waals surface area contributed by atoms with E-state index in [2.05, 4.69) is 12.6 Å². The van der Waals surface area contributed by atoms with Gasteiger partial charge < -0.3 is 9.47 Å². The van der Waals surface area contributed by atoms with Gasteiger partial charge in [0.15, 0.2) is 0 Å². The maximum atomic E-state index is 5.24. The van der Waals surface area contributed by atoms with Gasteiger partial charge in [0.1, 0.15) is 0 Å². The molecule has 0 atom stereocenters. The molecular weight excluding hydrogens is 136 g/mol. The summed E-state index contributed by atoms with van der Waals surface area (Å²) in [7, 11) is 0. The molecule has 1 aliphatic heterocycles. The number of rotatable bonds is 1. The Kier molecular flexibility index (Phi) is 2.03. The highest BCUT2D eigenvalue weighted by atomic mass is 32.1. The number of hydrogen-bond donors (Lipinski definition) is 1. The van der Waals surface area contributed by atoms with Crippen LogP contribution in [0.15, 0.2) is 0 Å². The van der Waals surface area contributed by atoms with Crippen molar-refractivity contribution in [3.8, 4) is 0 Å². The van der Waals surface area contributed by atoms with E-state index in [0.29, 0.717) is 19.1 Å². The van der Waals surface area contributed by atoms with Crippen LogP contribution in [0.25, 0.3) is 0 Å². The van der Waals surface area contributed by atoms with Crippen LogP contribution >= 0.6 is 12.6 Å². The van der Waals surface area contributed by atoms with Gasteiger partial charge in [-0.2, -0.15) is 0 Å². The molecule has 0 saturated carbocycles. The van der Waals surface area contributed by atoms with Crippen LogP contribution in [0.1, 0.15) is 13.8 Å². The van der Waals surface area contributed by atoms with Crippen molar-refractivity contribution in [2.24, 2.45) is 5.92 Å². The third-order valence-corrected chi connectivity index (χ3v) is 2.21. The second kappa shape index (κ2) is 2.48. The minimum absolute atomic E-state index is 0.309. The highest BCUT2D eigenvalue weighted by molar-refractivity contribution is 7.81. The SMILES string of the molecule is CC(C)C1(S)OCCO1. The maximum absolute atomic E-state index is 5.24. The normalized spacial score (nSPS) is 25.3. The molecule has 1 fully saturated rings. The second-order valence-corrected chi connectivity index (χ2v) is 3.11. The molecule has 0 N–H and O–H groups in total. The van der Waals surface area contributed by atoms with Gasteiger partial charge in [-0.15, -0.1) is 12.6 Å². The summed E-state index contributed by atoms with van der Waals surface area (Å²) >= 11 is 4.23. The number of thiol groups is 1. The first-order valence-corrected chi connectivity index (χ1v) is 3.60. The van der Waals surface area contributed by atoms with Gasteiger partial charge in [0, 0.05) is 5.92 Å². The van der Waals surface area contributed by atoms with Crippen molar-refractivity contribution in [3.63, 3.8) is 0 Å². The molecule has 0 spiro atoms. The van der Waals surface area contributed by atoms with Gasteiger partial charge in [0.25, 0.3) is 0 Å². The van der Waals surface area contributed by atoms with Crippen LogP contribution < -0.4 is 0 Å². The van der Waals surface area contributed by atoms with Gasteiger partial charge >= 0.3 is 0 Å². The van der Waals surface area contributed by atoms with Crippen LogP contribution in [0.3, 0.4) is 0 Å². The molecular formula is C6H12O2S. The minimum Gasteiger partial charge on any atom is -0.339 e. The lowest BCUT2D eigenvalue weighted by Gasteiger charge is -2.24. The molecule has 0 unspecified atom stereocenters. The summed E-state index contributed by atoms with van der Waals surface area (Å²) < 4.78 is 10.5. The standard InChI is InChI=1S/C6H12O2S/c1-5(2)6(9)7-3-4-8-6/h5,9H,3-4H2,1-2H3. The molecule has 1 aliphatic rings. The Labute approximate surface area is 60.9 Å². The first-order valence-electron chi connectivity index (χ1n) is 3.15. The summed E-state index contributed by atoms with van der Waals surface area (Å²) in [6.45, 7) is 5.39. The predicted molar refractivity (Wildman–Crippen MR) is 38.5 cm³/mol. The molecule has 0 aliphatic carbocycles. The monoisotopic (exact) mass is 148 g/mol. The van der Waals surface area contributed by atoms with Crippen molar-refractivity contribution in [2.45, 2.75) is 19.0 Å². The fourth-order valence-electron chi connectivity index (χ4n) is 0.751. The zero-order valence-electron chi connectivity index (χ0n) is 5.76. The van der Waals surface area contributed by atoms with E-state index in [0.717, 1.165) is 0 Å². The van der Waals surface area contributed by atoms with E-state index in [4.69, 9.17) is 9.47 Å². The van der Waals surface area contributed by atoms with Crippen molar-refractivity contribution in [1.82, 2.24) is 0 Å². The van der Waals surface area contributed by atoms with Gasteiger partial charge in [-0.25, -0.2) is 0 Å². The first-order chi connectivity index (χ1) is 4.15. The van der Waals surface area contributed by atoms with Crippen LogP contribution in [0.2, 0.25) is 0 Å². The zero-order valence-corrected chi connectivity index (χ0v) is 6.65. The van der Waals surface area contributed by atoms with Crippen LogP contribution in [-0.2, 0) is 9.47 Å². The van der Waals surface area contributed by atoms with Crippen LogP contribution in [0.4, 0.5) is 0 Å². The number of ether oxygens (including phenoxy) is 2. The lowest BCUT2D eigenvalue weighted by atomic mass is 10.2. The Morgan fingerprint density at radius 2 is 1.78 bits per heavy atom. The lowest BCUT2D eigenvalue weighted by Crippen LogP contribution is -2.28. The topological polar surface area (TPSA) is 18.5 Å². The molecule has 54 valence electrons. The van der Waals surface area contributed by atoms with Crippen molar-refractivity contribution >= 4 is 12.6 Å². The summed E-state index contributed by atoms with van der Waals surface area (Å²) in [5, 5.41) is -0.611. The highest BCUT2D eigenvalue weighted by Crippen LogP contribution is 2.31. The molecule has 0 aromatic heterocycles. The molecule has 1 heterocycles. The van der Waals surface area contributed by atoms with E-state index in [1.54, 1.807) is 0 Å². The Bertz CT molecular complexity index is 97.2. The van der Waals surface area contributed by atoms with Crippen LogP contribution in [-0.4, -0.2) is 18.3 Å². The summed E-state index contributed by atoms with van der Waals surface area (Å²) in [6, 6.07) is 0. The second-order valence-electron chi connectivity index (χ2n) is 2.48.